The third-order valence-corrected chi connectivity index (χ3v) is 4.95. The molecule has 0 bridgehead atoms. The minimum atomic E-state index is -3.63. The summed E-state index contributed by atoms with van der Waals surface area (Å²) in [4.78, 5) is 14.8. The first kappa shape index (κ1) is 15.3. The van der Waals surface area contributed by atoms with Crippen molar-refractivity contribution < 1.29 is 13.2 Å². The number of nitrogens with zero attached hydrogens (tertiary/aromatic N) is 2. The fourth-order valence-electron chi connectivity index (χ4n) is 2.03. The number of nitrogens with two attached hydrogens (primary N) is 1. The number of benzene rings is 1. The lowest BCUT2D eigenvalue weighted by molar-refractivity contribution is -0.118. The number of hydrogen-bond acceptors (Lipinski definition) is 5. The van der Waals surface area contributed by atoms with Gasteiger partial charge in [0.1, 0.15) is 0 Å². The van der Waals surface area contributed by atoms with Crippen molar-refractivity contribution in [3.8, 4) is 0 Å². The van der Waals surface area contributed by atoms with Crippen LogP contribution in [0.3, 0.4) is 0 Å². The average Bonchev–Trinajstić information content (AvgIpc) is 2.86. The van der Waals surface area contributed by atoms with Crippen molar-refractivity contribution in [3.63, 3.8) is 0 Å². The maximum atomic E-state index is 12.4. The fourth-order valence-corrected chi connectivity index (χ4v) is 3.39. The molecule has 114 valence electrons. The maximum Gasteiger partial charge on any atom is 0.266 e. The molecule has 0 aromatic heterocycles. The maximum absolute atomic E-state index is 12.4. The summed E-state index contributed by atoms with van der Waals surface area (Å²) in [6.45, 7) is 2.64. The summed E-state index contributed by atoms with van der Waals surface area (Å²) in [5, 5.41) is 2.69. The molecule has 1 amide bonds. The van der Waals surface area contributed by atoms with E-state index in [1.807, 2.05) is 0 Å². The molecule has 0 unspecified atom stereocenters. The van der Waals surface area contributed by atoms with E-state index in [1.165, 1.54) is 6.92 Å². The highest BCUT2D eigenvalue weighted by Crippen LogP contribution is 2.18. The Labute approximate surface area is 123 Å². The van der Waals surface area contributed by atoms with E-state index in [1.54, 1.807) is 24.3 Å². The first-order valence-electron chi connectivity index (χ1n) is 6.57. The second-order valence-corrected chi connectivity index (χ2v) is 6.56. The molecule has 0 fully saturated rings. The van der Waals surface area contributed by atoms with E-state index < -0.39 is 10.0 Å². The molecule has 0 radical (unpaired) electrons. The normalized spacial score (nSPS) is 14.9. The van der Waals surface area contributed by atoms with Gasteiger partial charge in [0.15, 0.2) is 0 Å². The predicted octanol–water partition coefficient (Wildman–Crippen LogP) is -0.316. The first-order valence-corrected chi connectivity index (χ1v) is 8.01. The van der Waals surface area contributed by atoms with Gasteiger partial charge in [0.2, 0.25) is 11.9 Å². The molecule has 0 atom stereocenters. The van der Waals surface area contributed by atoms with E-state index in [0.717, 1.165) is 9.87 Å². The molecule has 8 heteroatoms. The molecule has 1 aliphatic heterocycles. The Hall–Kier alpha value is -2.09. The van der Waals surface area contributed by atoms with Gasteiger partial charge in [0.25, 0.3) is 10.0 Å². The molecule has 2 rings (SSSR count). The van der Waals surface area contributed by atoms with Gasteiger partial charge in [-0.1, -0.05) is 12.1 Å². The topological polar surface area (TPSA) is 105 Å². The van der Waals surface area contributed by atoms with Crippen molar-refractivity contribution in [3.05, 3.63) is 29.8 Å². The summed E-state index contributed by atoms with van der Waals surface area (Å²) in [5.74, 6) is -0.0530. The number of carbonyl (C=O) groups excluding carboxylic acids is 1. The minimum absolute atomic E-state index is 0.0322. The smallest absolute Gasteiger partial charge is 0.266 e. The van der Waals surface area contributed by atoms with Crippen LogP contribution in [0.5, 0.6) is 0 Å². The van der Waals surface area contributed by atoms with E-state index in [2.05, 4.69) is 10.3 Å². The largest absolute Gasteiger partial charge is 0.369 e. The van der Waals surface area contributed by atoms with Gasteiger partial charge in [0, 0.05) is 13.5 Å². The molecule has 1 aromatic rings. The summed E-state index contributed by atoms with van der Waals surface area (Å²) in [6, 6.07) is 6.56. The molecule has 3 N–H and O–H groups in total. The second-order valence-electron chi connectivity index (χ2n) is 4.69. The Bertz CT molecular complexity index is 652. The van der Waals surface area contributed by atoms with E-state index in [-0.39, 0.29) is 23.3 Å². The highest BCUT2D eigenvalue weighted by molar-refractivity contribution is 7.89. The Kier molecular flexibility index (Phi) is 4.46. The van der Waals surface area contributed by atoms with E-state index >= 15 is 0 Å². The number of hydrogen-bond donors (Lipinski definition) is 2. The lowest BCUT2D eigenvalue weighted by Gasteiger charge is -2.17. The summed E-state index contributed by atoms with van der Waals surface area (Å²) < 4.78 is 25.8. The number of aliphatic imine (C=N–C) groups is 1. The molecule has 0 spiro atoms. The van der Waals surface area contributed by atoms with Crippen molar-refractivity contribution in [1.82, 2.24) is 9.62 Å². The standard InChI is InChI=1S/C13H18N4O3S/c1-10(18)15-7-6-11-2-4-12(5-3-11)21(19,20)17-9-8-16-13(17)14/h2-5H,6-9H2,1H3,(H2,14,16)(H,15,18). The van der Waals surface area contributed by atoms with Gasteiger partial charge < -0.3 is 11.1 Å². The number of amides is 1. The zero-order valence-corrected chi connectivity index (χ0v) is 12.6. The summed E-state index contributed by atoms with van der Waals surface area (Å²) in [6.07, 6.45) is 0.646. The molecule has 0 saturated heterocycles. The number of nitrogens with one attached hydrogen (secondary N) is 1. The Morgan fingerprint density at radius 2 is 2.05 bits per heavy atom. The molecule has 0 aliphatic carbocycles. The molecular weight excluding hydrogens is 292 g/mol. The van der Waals surface area contributed by atoms with Crippen LogP contribution in [-0.4, -0.2) is 44.2 Å². The van der Waals surface area contributed by atoms with Crippen molar-refractivity contribution in [1.29, 1.82) is 0 Å². The Morgan fingerprint density at radius 3 is 2.57 bits per heavy atom. The van der Waals surface area contributed by atoms with Crippen LogP contribution in [0, 0.1) is 0 Å². The Balaban J connectivity index is 2.08. The van der Waals surface area contributed by atoms with Crippen LogP contribution in [0.15, 0.2) is 34.2 Å². The lowest BCUT2D eigenvalue weighted by atomic mass is 10.1. The first-order chi connectivity index (χ1) is 9.91. The highest BCUT2D eigenvalue weighted by Gasteiger charge is 2.28. The summed E-state index contributed by atoms with van der Waals surface area (Å²) in [7, 11) is -3.63. The van der Waals surface area contributed by atoms with E-state index in [0.29, 0.717) is 19.5 Å². The van der Waals surface area contributed by atoms with Crippen molar-refractivity contribution in [2.24, 2.45) is 10.7 Å². The monoisotopic (exact) mass is 310 g/mol. The van der Waals surface area contributed by atoms with E-state index in [4.69, 9.17) is 5.73 Å². The van der Waals surface area contributed by atoms with Crippen LogP contribution < -0.4 is 11.1 Å². The van der Waals surface area contributed by atoms with Crippen molar-refractivity contribution in [2.75, 3.05) is 19.6 Å². The number of sulfonamides is 1. The number of guanidine groups is 1. The fraction of sp³-hybridized carbons (Fsp3) is 0.385. The van der Waals surface area contributed by atoms with Gasteiger partial charge >= 0.3 is 0 Å². The highest BCUT2D eigenvalue weighted by atomic mass is 32.2. The van der Waals surface area contributed by atoms with Crippen LogP contribution in [-0.2, 0) is 21.2 Å². The Morgan fingerprint density at radius 1 is 1.38 bits per heavy atom. The van der Waals surface area contributed by atoms with Gasteiger partial charge in [-0.05, 0) is 24.1 Å². The van der Waals surface area contributed by atoms with Gasteiger partial charge in [-0.25, -0.2) is 12.7 Å². The van der Waals surface area contributed by atoms with Crippen LogP contribution in [0.2, 0.25) is 0 Å². The lowest BCUT2D eigenvalue weighted by Crippen LogP contribution is -2.38. The van der Waals surface area contributed by atoms with Gasteiger partial charge in [-0.15, -0.1) is 0 Å². The predicted molar refractivity (Wildman–Crippen MR) is 79.2 cm³/mol. The van der Waals surface area contributed by atoms with Gasteiger partial charge in [-0.3, -0.25) is 9.79 Å². The van der Waals surface area contributed by atoms with Crippen LogP contribution in [0.1, 0.15) is 12.5 Å². The second kappa shape index (κ2) is 6.13. The zero-order valence-electron chi connectivity index (χ0n) is 11.7. The van der Waals surface area contributed by atoms with Gasteiger partial charge in [0.05, 0.1) is 18.0 Å². The molecular formula is C13H18N4O3S. The summed E-state index contributed by atoms with van der Waals surface area (Å²) >= 11 is 0. The number of rotatable bonds is 5. The third-order valence-electron chi connectivity index (χ3n) is 3.13. The quantitative estimate of drug-likeness (QED) is 0.778. The molecule has 1 aliphatic rings. The third kappa shape index (κ3) is 3.52. The van der Waals surface area contributed by atoms with E-state index in [9.17, 15) is 13.2 Å². The van der Waals surface area contributed by atoms with Crippen LogP contribution in [0.25, 0.3) is 0 Å². The molecule has 21 heavy (non-hydrogen) atoms. The number of carbonyl (C=O) groups is 1. The minimum Gasteiger partial charge on any atom is -0.369 e. The average molecular weight is 310 g/mol. The summed E-state index contributed by atoms with van der Waals surface area (Å²) in [5.41, 5.74) is 6.53. The van der Waals surface area contributed by atoms with Crippen molar-refractivity contribution in [2.45, 2.75) is 18.2 Å². The SMILES string of the molecule is CC(=O)NCCc1ccc(S(=O)(=O)N2CCN=C2N)cc1. The van der Waals surface area contributed by atoms with Crippen LogP contribution >= 0.6 is 0 Å². The molecule has 1 aromatic carbocycles. The molecule has 7 nitrogen and oxygen atoms in total. The molecule has 1 heterocycles. The van der Waals surface area contributed by atoms with Gasteiger partial charge in [-0.2, -0.15) is 0 Å². The van der Waals surface area contributed by atoms with Crippen molar-refractivity contribution >= 4 is 21.9 Å². The zero-order chi connectivity index (χ0) is 15.5. The molecule has 0 saturated carbocycles. The van der Waals surface area contributed by atoms with Crippen LogP contribution in [0.4, 0.5) is 0 Å².